The summed E-state index contributed by atoms with van der Waals surface area (Å²) in [7, 11) is 0. The fraction of sp³-hybridized carbons (Fsp3) is 1.00. The molecule has 0 radical (unpaired) electrons. The maximum absolute atomic E-state index is 6.38. The highest BCUT2D eigenvalue weighted by molar-refractivity contribution is 7.81. The lowest BCUT2D eigenvalue weighted by Gasteiger charge is -2.51. The molecule has 0 bridgehead atoms. The Morgan fingerprint density at radius 2 is 1.18 bits per heavy atom. The Morgan fingerprint density at radius 1 is 0.824 bits per heavy atom. The molecular formula is C15H32OS. The minimum Gasteiger partial charge on any atom is -0.358 e. The average molecular weight is 260 g/mol. The molecule has 0 aromatic rings. The van der Waals surface area contributed by atoms with Crippen LogP contribution in [0, 0.1) is 16.7 Å². The summed E-state index contributed by atoms with van der Waals surface area (Å²) in [6.07, 6.45) is 0. The SMILES string of the molecule is CC(C)C(C)(C)C(C)(C)OC(C)(S)C(C)(C)C. The zero-order valence-corrected chi connectivity index (χ0v) is 14.3. The number of ether oxygens (including phenoxy) is 1. The summed E-state index contributed by atoms with van der Waals surface area (Å²) in [6.45, 7) is 21.9. The van der Waals surface area contributed by atoms with Gasteiger partial charge < -0.3 is 4.74 Å². The average Bonchev–Trinajstić information content (AvgIpc) is 1.98. The van der Waals surface area contributed by atoms with Crippen LogP contribution in [0.3, 0.4) is 0 Å². The second kappa shape index (κ2) is 4.77. The van der Waals surface area contributed by atoms with Crippen molar-refractivity contribution < 1.29 is 4.74 Å². The van der Waals surface area contributed by atoms with Crippen molar-refractivity contribution >= 4 is 12.6 Å². The molecular weight excluding hydrogens is 228 g/mol. The van der Waals surface area contributed by atoms with E-state index in [1.165, 1.54) is 0 Å². The standard InChI is InChI=1S/C15H32OS/c1-11(2)13(6,7)14(8,9)16-15(10,17)12(3,4)5/h11,17H,1-10H3. The van der Waals surface area contributed by atoms with Gasteiger partial charge in [0.25, 0.3) is 0 Å². The number of rotatable bonds is 4. The summed E-state index contributed by atoms with van der Waals surface area (Å²) in [5, 5.41) is 0. The quantitative estimate of drug-likeness (QED) is 0.543. The van der Waals surface area contributed by atoms with Crippen LogP contribution >= 0.6 is 12.6 Å². The zero-order valence-electron chi connectivity index (χ0n) is 13.4. The van der Waals surface area contributed by atoms with Gasteiger partial charge in [-0.25, -0.2) is 0 Å². The normalized spacial score (nSPS) is 18.4. The van der Waals surface area contributed by atoms with E-state index in [9.17, 15) is 0 Å². The Kier molecular flexibility index (Phi) is 4.86. The van der Waals surface area contributed by atoms with E-state index in [1.54, 1.807) is 0 Å². The Hall–Kier alpha value is 0.310. The fourth-order valence-corrected chi connectivity index (χ4v) is 1.70. The third kappa shape index (κ3) is 3.64. The molecule has 0 aliphatic heterocycles. The highest BCUT2D eigenvalue weighted by Crippen LogP contribution is 2.47. The molecule has 0 aliphatic carbocycles. The van der Waals surface area contributed by atoms with Crippen LogP contribution in [0.4, 0.5) is 0 Å². The summed E-state index contributed by atoms with van der Waals surface area (Å²) in [5.41, 5.74) is -0.117. The smallest absolute Gasteiger partial charge is 0.113 e. The Bertz CT molecular complexity index is 257. The number of hydrogen-bond acceptors (Lipinski definition) is 2. The van der Waals surface area contributed by atoms with Crippen LogP contribution in [0.15, 0.2) is 0 Å². The lowest BCUT2D eigenvalue weighted by Crippen LogP contribution is -2.52. The van der Waals surface area contributed by atoms with E-state index in [-0.39, 0.29) is 16.4 Å². The molecule has 0 fully saturated rings. The molecule has 1 unspecified atom stereocenters. The highest BCUT2D eigenvalue weighted by atomic mass is 32.1. The summed E-state index contributed by atoms with van der Waals surface area (Å²) < 4.78 is 6.38. The minimum atomic E-state index is -0.442. The molecule has 0 aromatic heterocycles. The van der Waals surface area contributed by atoms with E-state index in [4.69, 9.17) is 17.4 Å². The van der Waals surface area contributed by atoms with Crippen LogP contribution in [0.25, 0.3) is 0 Å². The Balaban J connectivity index is 5.14. The molecule has 0 heterocycles. The first-order chi connectivity index (χ1) is 7.15. The van der Waals surface area contributed by atoms with Gasteiger partial charge in [-0.05, 0) is 37.5 Å². The van der Waals surface area contributed by atoms with Crippen molar-refractivity contribution in [3.8, 4) is 0 Å². The minimum absolute atomic E-state index is 0.000437. The van der Waals surface area contributed by atoms with Gasteiger partial charge in [0.2, 0.25) is 0 Å². The molecule has 0 saturated heterocycles. The van der Waals surface area contributed by atoms with Crippen LogP contribution in [0.2, 0.25) is 0 Å². The molecule has 0 aliphatic rings. The molecule has 2 heteroatoms. The van der Waals surface area contributed by atoms with Crippen molar-refractivity contribution in [3.63, 3.8) is 0 Å². The van der Waals surface area contributed by atoms with E-state index in [0.29, 0.717) is 5.92 Å². The fourth-order valence-electron chi connectivity index (χ4n) is 1.48. The molecule has 0 N–H and O–H groups in total. The van der Waals surface area contributed by atoms with E-state index < -0.39 is 4.93 Å². The second-order valence-electron chi connectivity index (χ2n) is 7.72. The molecule has 0 saturated carbocycles. The van der Waals surface area contributed by atoms with Gasteiger partial charge in [0.05, 0.1) is 5.60 Å². The molecule has 0 amide bonds. The summed E-state index contributed by atoms with van der Waals surface area (Å²) >= 11 is 4.74. The molecule has 1 atom stereocenters. The Morgan fingerprint density at radius 3 is 1.41 bits per heavy atom. The van der Waals surface area contributed by atoms with Gasteiger partial charge >= 0.3 is 0 Å². The van der Waals surface area contributed by atoms with Gasteiger partial charge in [-0.15, -0.1) is 12.6 Å². The van der Waals surface area contributed by atoms with Gasteiger partial charge in [-0.2, -0.15) is 0 Å². The van der Waals surface area contributed by atoms with E-state index in [0.717, 1.165) is 0 Å². The molecule has 104 valence electrons. The first kappa shape index (κ1) is 17.3. The topological polar surface area (TPSA) is 9.23 Å². The van der Waals surface area contributed by atoms with Crippen molar-refractivity contribution in [2.24, 2.45) is 16.7 Å². The van der Waals surface area contributed by atoms with Crippen molar-refractivity contribution in [1.29, 1.82) is 0 Å². The predicted octanol–water partition coefficient (Wildman–Crippen LogP) is 5.16. The zero-order chi connectivity index (χ0) is 14.3. The predicted molar refractivity (Wildman–Crippen MR) is 80.6 cm³/mol. The van der Waals surface area contributed by atoms with Crippen LogP contribution in [0.5, 0.6) is 0 Å². The first-order valence-electron chi connectivity index (χ1n) is 6.58. The van der Waals surface area contributed by atoms with E-state index >= 15 is 0 Å². The first-order valence-corrected chi connectivity index (χ1v) is 7.02. The number of hydrogen-bond donors (Lipinski definition) is 1. The summed E-state index contributed by atoms with van der Waals surface area (Å²) in [5.74, 6) is 0.557. The van der Waals surface area contributed by atoms with Crippen molar-refractivity contribution in [1.82, 2.24) is 0 Å². The monoisotopic (exact) mass is 260 g/mol. The van der Waals surface area contributed by atoms with Gasteiger partial charge in [0.1, 0.15) is 4.93 Å². The van der Waals surface area contributed by atoms with Crippen molar-refractivity contribution in [2.75, 3.05) is 0 Å². The maximum Gasteiger partial charge on any atom is 0.113 e. The molecule has 0 spiro atoms. The maximum atomic E-state index is 6.38. The van der Waals surface area contributed by atoms with Crippen LogP contribution in [0.1, 0.15) is 69.2 Å². The lowest BCUT2D eigenvalue weighted by molar-refractivity contribution is -0.185. The second-order valence-corrected chi connectivity index (χ2v) is 8.58. The van der Waals surface area contributed by atoms with Crippen LogP contribution in [-0.2, 0) is 4.74 Å². The van der Waals surface area contributed by atoms with E-state index in [1.807, 2.05) is 0 Å². The lowest BCUT2D eigenvalue weighted by atomic mass is 9.69. The van der Waals surface area contributed by atoms with Gasteiger partial charge in [0.15, 0.2) is 0 Å². The molecule has 0 rings (SSSR count). The summed E-state index contributed by atoms with van der Waals surface area (Å²) in [4.78, 5) is -0.442. The molecule has 1 nitrogen and oxygen atoms in total. The third-order valence-corrected chi connectivity index (χ3v) is 5.60. The number of thiol groups is 1. The highest BCUT2D eigenvalue weighted by Gasteiger charge is 2.47. The van der Waals surface area contributed by atoms with Gasteiger partial charge in [-0.3, -0.25) is 0 Å². The van der Waals surface area contributed by atoms with Gasteiger partial charge in [-0.1, -0.05) is 48.5 Å². The van der Waals surface area contributed by atoms with Crippen molar-refractivity contribution in [2.45, 2.75) is 79.8 Å². The largest absolute Gasteiger partial charge is 0.358 e. The Labute approximate surface area is 114 Å². The van der Waals surface area contributed by atoms with Crippen LogP contribution in [-0.4, -0.2) is 10.5 Å². The molecule has 0 aromatic carbocycles. The van der Waals surface area contributed by atoms with Crippen LogP contribution < -0.4 is 0 Å². The van der Waals surface area contributed by atoms with Gasteiger partial charge in [0, 0.05) is 0 Å². The molecule has 17 heavy (non-hydrogen) atoms. The third-order valence-electron chi connectivity index (χ3n) is 4.84. The van der Waals surface area contributed by atoms with E-state index in [2.05, 4.69) is 69.2 Å². The summed E-state index contributed by atoms with van der Waals surface area (Å²) in [6, 6.07) is 0. The van der Waals surface area contributed by atoms with Crippen molar-refractivity contribution in [3.05, 3.63) is 0 Å².